The molecule has 1 saturated heterocycles. The largest absolute Gasteiger partial charge is 0.416 e. The summed E-state index contributed by atoms with van der Waals surface area (Å²) in [7, 11) is 0. The van der Waals surface area contributed by atoms with E-state index in [4.69, 9.17) is 4.74 Å². The maximum Gasteiger partial charge on any atom is 0.416 e. The molecule has 0 saturated carbocycles. The molecule has 2 aromatic carbocycles. The van der Waals surface area contributed by atoms with Crippen LogP contribution in [0.15, 0.2) is 36.4 Å². The minimum absolute atomic E-state index is 0.0254. The molecule has 3 amide bonds. The number of nitrogens with zero attached hydrogens (tertiary/aromatic N) is 1. The fraction of sp³-hybridized carbons (Fsp3) is 0.481. The molecule has 1 heterocycles. The van der Waals surface area contributed by atoms with Crippen LogP contribution in [0.1, 0.15) is 54.6 Å². The van der Waals surface area contributed by atoms with E-state index in [1.807, 2.05) is 12.2 Å². The van der Waals surface area contributed by atoms with E-state index < -0.39 is 35.2 Å². The number of carbonyl (C=O) groups excluding carboxylic acids is 2. The third-order valence-electron chi connectivity index (χ3n) is 6.42. The van der Waals surface area contributed by atoms with Gasteiger partial charge in [0.25, 0.3) is 5.91 Å². The smallest absolute Gasteiger partial charge is 0.382 e. The molecule has 7 nitrogen and oxygen atoms in total. The molecule has 0 unspecified atom stereocenters. The number of alkyl halides is 6. The van der Waals surface area contributed by atoms with E-state index in [0.717, 1.165) is 25.9 Å². The molecule has 0 aliphatic carbocycles. The van der Waals surface area contributed by atoms with Crippen LogP contribution in [0.2, 0.25) is 0 Å². The Morgan fingerprint density at radius 2 is 1.52 bits per heavy atom. The molecule has 0 atom stereocenters. The van der Waals surface area contributed by atoms with Crippen molar-refractivity contribution in [3.05, 3.63) is 53.1 Å². The number of carbonyl (C=O) groups is 2. The molecule has 0 aromatic heterocycles. The molecule has 13 heteroatoms. The van der Waals surface area contributed by atoms with Crippen molar-refractivity contribution in [3.63, 3.8) is 0 Å². The highest BCUT2D eigenvalue weighted by atomic mass is 19.4. The Morgan fingerprint density at radius 3 is 2.10 bits per heavy atom. The van der Waals surface area contributed by atoms with Gasteiger partial charge in [-0.15, -0.1) is 0 Å². The summed E-state index contributed by atoms with van der Waals surface area (Å²) in [6.07, 6.45) is -7.64. The molecule has 3 N–H and O–H groups in total. The van der Waals surface area contributed by atoms with Gasteiger partial charge in [-0.25, -0.2) is 4.79 Å². The van der Waals surface area contributed by atoms with Crippen LogP contribution in [0.4, 0.5) is 48.2 Å². The Hall–Kier alpha value is -3.48. The molecule has 0 spiro atoms. The first-order chi connectivity index (χ1) is 18.8. The van der Waals surface area contributed by atoms with Gasteiger partial charge < -0.3 is 25.6 Å². The van der Waals surface area contributed by atoms with Crippen molar-refractivity contribution in [1.82, 2.24) is 5.32 Å². The molecule has 1 aliphatic rings. The molecule has 3 rings (SSSR count). The quantitative estimate of drug-likeness (QED) is 0.228. The first-order valence-corrected chi connectivity index (χ1v) is 12.9. The lowest BCUT2D eigenvalue weighted by Gasteiger charge is -2.33. The van der Waals surface area contributed by atoms with Crippen LogP contribution in [0.5, 0.6) is 0 Å². The second-order valence-corrected chi connectivity index (χ2v) is 9.58. The van der Waals surface area contributed by atoms with E-state index in [9.17, 15) is 35.9 Å². The summed E-state index contributed by atoms with van der Waals surface area (Å²) in [5.74, 6) is 0.160. The summed E-state index contributed by atoms with van der Waals surface area (Å²) in [5.41, 5.74) is -2.72. The van der Waals surface area contributed by atoms with Crippen LogP contribution in [-0.4, -0.2) is 44.8 Å². The van der Waals surface area contributed by atoms with Gasteiger partial charge in [0, 0.05) is 49.9 Å². The lowest BCUT2D eigenvalue weighted by atomic mass is 9.98. The van der Waals surface area contributed by atoms with E-state index in [1.54, 1.807) is 6.07 Å². The zero-order chi connectivity index (χ0) is 29.5. The lowest BCUT2D eigenvalue weighted by Crippen LogP contribution is -2.35. The average Bonchev–Trinajstić information content (AvgIpc) is 2.87. The number of nitrogens with one attached hydrogen (secondary N) is 3. The highest BCUT2D eigenvalue weighted by Gasteiger charge is 2.37. The molecule has 0 bridgehead atoms. The van der Waals surface area contributed by atoms with Gasteiger partial charge >= 0.3 is 18.4 Å². The Balaban J connectivity index is 1.81. The number of urea groups is 1. The minimum atomic E-state index is -5.05. The van der Waals surface area contributed by atoms with Gasteiger partial charge in [-0.05, 0) is 68.5 Å². The molecule has 40 heavy (non-hydrogen) atoms. The van der Waals surface area contributed by atoms with Crippen LogP contribution in [-0.2, 0) is 17.1 Å². The number of piperidine rings is 1. The highest BCUT2D eigenvalue weighted by Crippen LogP contribution is 2.37. The molecule has 1 fully saturated rings. The molecule has 220 valence electrons. The SMILES string of the molecule is CCOCCCNC(=O)c1cc(NC(=O)Nc2cc(C(F)(F)F)cc(C(F)(F)F)c2)ccc1N1CCC(C)CC1. The normalized spacial score (nSPS) is 14.7. The maximum atomic E-state index is 13.2. The van der Waals surface area contributed by atoms with E-state index in [1.165, 1.54) is 12.1 Å². The van der Waals surface area contributed by atoms with Gasteiger partial charge in [0.2, 0.25) is 0 Å². The van der Waals surface area contributed by atoms with Gasteiger partial charge in [-0.1, -0.05) is 6.92 Å². The van der Waals surface area contributed by atoms with E-state index >= 15 is 0 Å². The summed E-state index contributed by atoms with van der Waals surface area (Å²) in [6.45, 7) is 6.86. The third-order valence-corrected chi connectivity index (χ3v) is 6.42. The van der Waals surface area contributed by atoms with Crippen molar-refractivity contribution in [2.75, 3.05) is 48.4 Å². The number of hydrogen-bond acceptors (Lipinski definition) is 4. The summed E-state index contributed by atoms with van der Waals surface area (Å²) in [4.78, 5) is 27.7. The van der Waals surface area contributed by atoms with Gasteiger partial charge in [0.15, 0.2) is 0 Å². The second kappa shape index (κ2) is 13.2. The zero-order valence-corrected chi connectivity index (χ0v) is 22.1. The molecular weight excluding hydrogens is 542 g/mol. The van der Waals surface area contributed by atoms with Crippen LogP contribution >= 0.6 is 0 Å². The molecule has 1 aliphatic heterocycles. The summed E-state index contributed by atoms with van der Waals surface area (Å²) in [5, 5.41) is 7.24. The van der Waals surface area contributed by atoms with Crippen LogP contribution in [0.3, 0.4) is 0 Å². The third kappa shape index (κ3) is 8.77. The number of benzene rings is 2. The predicted octanol–water partition coefficient (Wildman–Crippen LogP) is 6.76. The van der Waals surface area contributed by atoms with E-state index in [-0.39, 0.29) is 23.2 Å². The van der Waals surface area contributed by atoms with Gasteiger partial charge in [0.1, 0.15) is 0 Å². The highest BCUT2D eigenvalue weighted by molar-refractivity contribution is 6.04. The van der Waals surface area contributed by atoms with Crippen molar-refractivity contribution in [2.45, 2.75) is 45.5 Å². The number of anilines is 3. The summed E-state index contributed by atoms with van der Waals surface area (Å²) >= 11 is 0. The predicted molar refractivity (Wildman–Crippen MR) is 140 cm³/mol. The van der Waals surface area contributed by atoms with Crippen LogP contribution in [0, 0.1) is 5.92 Å². The van der Waals surface area contributed by atoms with Crippen LogP contribution in [0.25, 0.3) is 0 Å². The Bertz CT molecular complexity index is 1150. The first kappa shape index (κ1) is 31.1. The number of rotatable bonds is 9. The van der Waals surface area contributed by atoms with Crippen molar-refractivity contribution < 1.29 is 40.7 Å². The summed E-state index contributed by atoms with van der Waals surface area (Å²) in [6, 6.07) is 4.33. The monoisotopic (exact) mass is 574 g/mol. The van der Waals surface area contributed by atoms with E-state index in [2.05, 4.69) is 22.5 Å². The van der Waals surface area contributed by atoms with Crippen molar-refractivity contribution in [3.8, 4) is 0 Å². The maximum absolute atomic E-state index is 13.2. The summed E-state index contributed by atoms with van der Waals surface area (Å²) < 4.78 is 84.2. The Morgan fingerprint density at radius 1 is 0.925 bits per heavy atom. The Kier molecular flexibility index (Phi) is 10.3. The lowest BCUT2D eigenvalue weighted by molar-refractivity contribution is -0.143. The van der Waals surface area contributed by atoms with Gasteiger partial charge in [0.05, 0.1) is 16.7 Å². The average molecular weight is 575 g/mol. The molecule has 0 radical (unpaired) electrons. The van der Waals surface area contributed by atoms with Gasteiger partial charge in [-0.3, -0.25) is 4.79 Å². The van der Waals surface area contributed by atoms with Crippen molar-refractivity contribution >= 4 is 29.0 Å². The first-order valence-electron chi connectivity index (χ1n) is 12.9. The fourth-order valence-corrected chi connectivity index (χ4v) is 4.26. The number of hydrogen-bond donors (Lipinski definition) is 3. The zero-order valence-electron chi connectivity index (χ0n) is 22.1. The number of halogens is 6. The fourth-order valence-electron chi connectivity index (χ4n) is 4.26. The standard InChI is InChI=1S/C27H32F6N4O3/c1-3-40-12-4-9-34-24(38)22-16-20(5-6-23(22)37-10-7-17(2)8-11-37)35-25(39)36-21-14-18(26(28,29)30)13-19(15-21)27(31,32)33/h5-6,13-17H,3-4,7-12H2,1-2H3,(H,34,38)(H2,35,36,39). The van der Waals surface area contributed by atoms with Crippen LogP contribution < -0.4 is 20.9 Å². The number of amides is 3. The number of ether oxygens (including phenoxy) is 1. The molecule has 2 aromatic rings. The van der Waals surface area contributed by atoms with Crippen molar-refractivity contribution in [2.24, 2.45) is 5.92 Å². The minimum Gasteiger partial charge on any atom is -0.382 e. The van der Waals surface area contributed by atoms with E-state index in [0.29, 0.717) is 49.9 Å². The van der Waals surface area contributed by atoms with Gasteiger partial charge in [-0.2, -0.15) is 26.3 Å². The topological polar surface area (TPSA) is 82.7 Å². The van der Waals surface area contributed by atoms with Crippen molar-refractivity contribution in [1.29, 1.82) is 0 Å². The Labute approximate surface area is 228 Å². The second-order valence-electron chi connectivity index (χ2n) is 9.58. The molecular formula is C27H32F6N4O3.